The van der Waals surface area contributed by atoms with E-state index >= 15 is 0 Å². The Balaban J connectivity index is 1.95. The zero-order valence-electron chi connectivity index (χ0n) is 13.4. The van der Waals surface area contributed by atoms with Crippen LogP contribution in [0.3, 0.4) is 0 Å². The summed E-state index contributed by atoms with van der Waals surface area (Å²) in [5, 5.41) is 3.43. The Kier molecular flexibility index (Phi) is 8.16. The molecule has 2 heteroatoms. The van der Waals surface area contributed by atoms with E-state index in [0.29, 0.717) is 0 Å². The number of amidine groups is 1. The molecule has 0 amide bonds. The topological polar surface area (TPSA) is 24.4 Å². The van der Waals surface area contributed by atoms with Crippen molar-refractivity contribution in [3.05, 3.63) is 0 Å². The monoisotopic (exact) mass is 266 g/mol. The average molecular weight is 266 g/mol. The Labute approximate surface area is 120 Å². The second kappa shape index (κ2) is 9.39. The van der Waals surface area contributed by atoms with Gasteiger partial charge in [-0.2, -0.15) is 0 Å². The Hall–Kier alpha value is -0.530. The van der Waals surface area contributed by atoms with Crippen molar-refractivity contribution in [1.29, 1.82) is 0 Å². The summed E-state index contributed by atoms with van der Waals surface area (Å²) in [7, 11) is 0. The maximum absolute atomic E-state index is 4.57. The first-order chi connectivity index (χ1) is 9.17. The summed E-state index contributed by atoms with van der Waals surface area (Å²) in [5.74, 6) is 1.24. The van der Waals surface area contributed by atoms with E-state index in [2.05, 4.69) is 31.1 Å². The SMILES string of the molecule is CCCCCCCCCCCC(C)(C)C1=NCCN1. The second-order valence-corrected chi connectivity index (χ2v) is 6.62. The normalized spacial score (nSPS) is 15.4. The Morgan fingerprint density at radius 2 is 1.53 bits per heavy atom. The second-order valence-electron chi connectivity index (χ2n) is 6.62. The summed E-state index contributed by atoms with van der Waals surface area (Å²) in [5.41, 5.74) is 0.262. The molecule has 19 heavy (non-hydrogen) atoms. The minimum Gasteiger partial charge on any atom is -0.372 e. The predicted octanol–water partition coefficient (Wildman–Crippen LogP) is 4.94. The Morgan fingerprint density at radius 1 is 0.947 bits per heavy atom. The molecule has 0 radical (unpaired) electrons. The third-order valence-electron chi connectivity index (χ3n) is 4.22. The fourth-order valence-corrected chi connectivity index (χ4v) is 2.85. The maximum Gasteiger partial charge on any atom is 0.102 e. The molecular weight excluding hydrogens is 232 g/mol. The number of hydrogen-bond acceptors (Lipinski definition) is 2. The van der Waals surface area contributed by atoms with Crippen LogP contribution in [-0.2, 0) is 0 Å². The number of aliphatic imine (C=N–C) groups is 1. The highest BCUT2D eigenvalue weighted by atomic mass is 15.1. The highest BCUT2D eigenvalue weighted by molar-refractivity contribution is 5.88. The van der Waals surface area contributed by atoms with E-state index in [0.717, 1.165) is 13.1 Å². The molecular formula is C17H34N2. The van der Waals surface area contributed by atoms with Gasteiger partial charge in [0, 0.05) is 12.0 Å². The molecule has 112 valence electrons. The van der Waals surface area contributed by atoms with E-state index < -0.39 is 0 Å². The number of unbranched alkanes of at least 4 members (excludes halogenated alkanes) is 8. The summed E-state index contributed by atoms with van der Waals surface area (Å²) < 4.78 is 0. The molecule has 0 saturated heterocycles. The average Bonchev–Trinajstić information content (AvgIpc) is 2.91. The minimum absolute atomic E-state index is 0.262. The summed E-state index contributed by atoms with van der Waals surface area (Å²) in [4.78, 5) is 4.57. The van der Waals surface area contributed by atoms with Crippen molar-refractivity contribution in [2.75, 3.05) is 13.1 Å². The Morgan fingerprint density at radius 3 is 2.05 bits per heavy atom. The van der Waals surface area contributed by atoms with Crippen molar-refractivity contribution < 1.29 is 0 Å². The largest absolute Gasteiger partial charge is 0.372 e. The number of nitrogens with one attached hydrogen (secondary N) is 1. The first kappa shape index (κ1) is 16.5. The Bertz CT molecular complexity index is 256. The smallest absolute Gasteiger partial charge is 0.102 e. The molecule has 1 rings (SSSR count). The fraction of sp³-hybridized carbons (Fsp3) is 0.941. The van der Waals surface area contributed by atoms with Gasteiger partial charge in [0.25, 0.3) is 0 Å². The molecule has 0 aromatic rings. The lowest BCUT2D eigenvalue weighted by Crippen LogP contribution is -2.33. The van der Waals surface area contributed by atoms with Crippen LogP contribution in [0.4, 0.5) is 0 Å². The lowest BCUT2D eigenvalue weighted by molar-refractivity contribution is 0.429. The standard InChI is InChI=1S/C17H34N2/c1-4-5-6-7-8-9-10-11-12-13-17(2,3)16-18-14-15-19-16/h4-15H2,1-3H3,(H,18,19). The van der Waals surface area contributed by atoms with Gasteiger partial charge >= 0.3 is 0 Å². The molecule has 0 bridgehead atoms. The number of hydrogen-bond donors (Lipinski definition) is 1. The van der Waals surface area contributed by atoms with Crippen LogP contribution in [0.15, 0.2) is 4.99 Å². The van der Waals surface area contributed by atoms with Crippen molar-refractivity contribution in [2.24, 2.45) is 10.4 Å². The van der Waals surface area contributed by atoms with Gasteiger partial charge in [-0.15, -0.1) is 0 Å². The number of nitrogens with zero attached hydrogens (tertiary/aromatic N) is 1. The lowest BCUT2D eigenvalue weighted by atomic mass is 9.85. The van der Waals surface area contributed by atoms with Crippen LogP contribution in [0.5, 0.6) is 0 Å². The van der Waals surface area contributed by atoms with Gasteiger partial charge < -0.3 is 5.32 Å². The van der Waals surface area contributed by atoms with Gasteiger partial charge in [-0.05, 0) is 6.42 Å². The van der Waals surface area contributed by atoms with E-state index in [4.69, 9.17) is 0 Å². The molecule has 0 aromatic heterocycles. The van der Waals surface area contributed by atoms with Gasteiger partial charge in [-0.25, -0.2) is 0 Å². The van der Waals surface area contributed by atoms with Crippen molar-refractivity contribution in [1.82, 2.24) is 5.32 Å². The summed E-state index contributed by atoms with van der Waals surface area (Å²) in [6, 6.07) is 0. The first-order valence-electron chi connectivity index (χ1n) is 8.45. The van der Waals surface area contributed by atoms with E-state index in [1.165, 1.54) is 70.0 Å². The molecule has 1 aliphatic rings. The maximum atomic E-state index is 4.57. The van der Waals surface area contributed by atoms with Gasteiger partial charge in [0.2, 0.25) is 0 Å². The van der Waals surface area contributed by atoms with Crippen LogP contribution in [0.25, 0.3) is 0 Å². The lowest BCUT2D eigenvalue weighted by Gasteiger charge is -2.25. The van der Waals surface area contributed by atoms with Crippen molar-refractivity contribution in [3.63, 3.8) is 0 Å². The molecule has 0 atom stereocenters. The zero-order valence-corrected chi connectivity index (χ0v) is 13.4. The van der Waals surface area contributed by atoms with Crippen molar-refractivity contribution in [2.45, 2.75) is 85.0 Å². The molecule has 0 unspecified atom stereocenters. The van der Waals surface area contributed by atoms with E-state index in [9.17, 15) is 0 Å². The molecule has 1 N–H and O–H groups in total. The van der Waals surface area contributed by atoms with Crippen LogP contribution in [0, 0.1) is 5.41 Å². The molecule has 0 fully saturated rings. The van der Waals surface area contributed by atoms with Crippen molar-refractivity contribution in [3.8, 4) is 0 Å². The highest BCUT2D eigenvalue weighted by Crippen LogP contribution is 2.26. The zero-order chi connectivity index (χ0) is 14.0. The third kappa shape index (κ3) is 6.98. The summed E-state index contributed by atoms with van der Waals surface area (Å²) in [6.07, 6.45) is 14.0. The van der Waals surface area contributed by atoms with Gasteiger partial charge in [-0.3, -0.25) is 4.99 Å². The third-order valence-corrected chi connectivity index (χ3v) is 4.22. The molecule has 2 nitrogen and oxygen atoms in total. The first-order valence-corrected chi connectivity index (χ1v) is 8.45. The van der Waals surface area contributed by atoms with Gasteiger partial charge in [0.1, 0.15) is 5.84 Å². The van der Waals surface area contributed by atoms with E-state index in [1.54, 1.807) is 0 Å². The molecule has 0 aromatic carbocycles. The number of rotatable bonds is 11. The molecule has 1 aliphatic heterocycles. The van der Waals surface area contributed by atoms with E-state index in [1.807, 2.05) is 0 Å². The highest BCUT2D eigenvalue weighted by Gasteiger charge is 2.26. The molecule has 0 spiro atoms. The van der Waals surface area contributed by atoms with Gasteiger partial charge in [0.05, 0.1) is 6.54 Å². The summed E-state index contributed by atoms with van der Waals surface area (Å²) in [6.45, 7) is 8.95. The fourth-order valence-electron chi connectivity index (χ4n) is 2.85. The molecule has 0 saturated carbocycles. The van der Waals surface area contributed by atoms with Crippen LogP contribution in [-0.4, -0.2) is 18.9 Å². The van der Waals surface area contributed by atoms with Crippen LogP contribution in [0.2, 0.25) is 0 Å². The quantitative estimate of drug-likeness (QED) is 0.527. The van der Waals surface area contributed by atoms with Crippen molar-refractivity contribution >= 4 is 5.84 Å². The van der Waals surface area contributed by atoms with Gasteiger partial charge in [-0.1, -0.05) is 78.6 Å². The van der Waals surface area contributed by atoms with Gasteiger partial charge in [0.15, 0.2) is 0 Å². The van der Waals surface area contributed by atoms with Crippen LogP contribution in [0.1, 0.15) is 85.0 Å². The van der Waals surface area contributed by atoms with Crippen LogP contribution < -0.4 is 5.32 Å². The summed E-state index contributed by atoms with van der Waals surface area (Å²) >= 11 is 0. The minimum atomic E-state index is 0.262. The molecule has 1 heterocycles. The van der Waals surface area contributed by atoms with Crippen LogP contribution >= 0.6 is 0 Å². The molecule has 0 aliphatic carbocycles. The predicted molar refractivity (Wildman–Crippen MR) is 85.9 cm³/mol. The van der Waals surface area contributed by atoms with E-state index in [-0.39, 0.29) is 5.41 Å².